The minimum absolute atomic E-state index is 0.902. The number of fused-ring (bicyclic) bond motifs is 1. The molecule has 3 aromatic rings. The van der Waals surface area contributed by atoms with Gasteiger partial charge in [0, 0.05) is 35.4 Å². The highest BCUT2D eigenvalue weighted by atomic mass is 14.9. The largest absolute Gasteiger partial charge is 0.252 e. The summed E-state index contributed by atoms with van der Waals surface area (Å²) in [6.07, 6.45) is 5.31. The lowest BCUT2D eigenvalue weighted by Crippen LogP contribution is -2.32. The van der Waals surface area contributed by atoms with Gasteiger partial charge >= 0.3 is 0 Å². The highest BCUT2D eigenvalue weighted by Crippen LogP contribution is 2.28. The van der Waals surface area contributed by atoms with Gasteiger partial charge in [-0.15, -0.1) is 0 Å². The van der Waals surface area contributed by atoms with E-state index in [0.29, 0.717) is 0 Å². The zero-order valence-electron chi connectivity index (χ0n) is 11.2. The van der Waals surface area contributed by atoms with E-state index in [2.05, 4.69) is 70.5 Å². The first kappa shape index (κ1) is 11.4. The molecule has 0 atom stereocenters. The van der Waals surface area contributed by atoms with E-state index in [1.54, 1.807) is 0 Å². The van der Waals surface area contributed by atoms with Crippen LogP contribution in [-0.2, 0) is 13.0 Å². The Morgan fingerprint density at radius 2 is 1.70 bits per heavy atom. The normalized spacial score (nSPS) is 12.0. The van der Waals surface area contributed by atoms with E-state index in [0.717, 1.165) is 18.7 Å². The van der Waals surface area contributed by atoms with Gasteiger partial charge in [0.2, 0.25) is 0 Å². The molecule has 2 nitrogen and oxygen atoms in total. The van der Waals surface area contributed by atoms with Crippen molar-refractivity contribution in [2.24, 2.45) is 0 Å². The van der Waals surface area contributed by atoms with Gasteiger partial charge in [-0.1, -0.05) is 36.4 Å². The molecule has 1 aliphatic carbocycles. The topological polar surface area (TPSA) is 16.8 Å². The Kier molecular flexibility index (Phi) is 2.59. The molecule has 1 aromatic carbocycles. The number of pyridine rings is 2. The molecule has 0 saturated heterocycles. The van der Waals surface area contributed by atoms with E-state index in [1.165, 1.54) is 22.4 Å². The van der Waals surface area contributed by atoms with Crippen LogP contribution in [0.1, 0.15) is 16.8 Å². The molecule has 0 unspecified atom stereocenters. The molecule has 20 heavy (non-hydrogen) atoms. The van der Waals surface area contributed by atoms with E-state index >= 15 is 0 Å². The molecule has 2 aromatic heterocycles. The maximum Gasteiger partial charge on any atom is 0.173 e. The van der Waals surface area contributed by atoms with Gasteiger partial charge in [-0.05, 0) is 11.6 Å². The van der Waals surface area contributed by atoms with Crippen LogP contribution >= 0.6 is 0 Å². The average molecular weight is 259 g/mol. The second kappa shape index (κ2) is 4.57. The Bertz CT molecular complexity index is 746. The maximum absolute atomic E-state index is 4.64. The molecule has 0 aliphatic heterocycles. The van der Waals surface area contributed by atoms with Gasteiger partial charge in [-0.25, -0.2) is 4.57 Å². The lowest BCUT2D eigenvalue weighted by Gasteiger charge is -2.00. The van der Waals surface area contributed by atoms with Crippen LogP contribution in [0.5, 0.6) is 0 Å². The summed E-state index contributed by atoms with van der Waals surface area (Å²) >= 11 is 0. The number of nitrogens with zero attached hydrogens (tertiary/aromatic N) is 2. The molecule has 0 saturated carbocycles. The van der Waals surface area contributed by atoms with Gasteiger partial charge in [0.15, 0.2) is 18.9 Å². The fraction of sp³-hybridized carbons (Fsp3) is 0.111. The number of benzene rings is 1. The van der Waals surface area contributed by atoms with Crippen molar-refractivity contribution in [1.29, 1.82) is 0 Å². The fourth-order valence-electron chi connectivity index (χ4n) is 2.45. The number of hydrogen-bond donors (Lipinski definition) is 0. The Labute approximate surface area is 118 Å². The predicted molar refractivity (Wildman–Crippen MR) is 78.2 cm³/mol. The van der Waals surface area contributed by atoms with Gasteiger partial charge < -0.3 is 0 Å². The van der Waals surface area contributed by atoms with Crippen molar-refractivity contribution in [2.75, 3.05) is 0 Å². The third-order valence-corrected chi connectivity index (χ3v) is 3.70. The highest BCUT2D eigenvalue weighted by Gasteiger charge is 2.18. The monoisotopic (exact) mass is 259 g/mol. The van der Waals surface area contributed by atoms with Crippen molar-refractivity contribution in [3.8, 4) is 11.3 Å². The first-order valence-corrected chi connectivity index (χ1v) is 6.91. The second-order valence-electron chi connectivity index (χ2n) is 5.22. The Morgan fingerprint density at radius 3 is 2.45 bits per heavy atom. The zero-order valence-corrected chi connectivity index (χ0v) is 11.2. The first-order valence-electron chi connectivity index (χ1n) is 6.91. The van der Waals surface area contributed by atoms with Crippen molar-refractivity contribution in [1.82, 2.24) is 4.98 Å². The lowest BCUT2D eigenvalue weighted by molar-refractivity contribution is -0.688. The molecule has 0 fully saturated rings. The number of rotatable bonds is 3. The van der Waals surface area contributed by atoms with Gasteiger partial charge in [0.25, 0.3) is 0 Å². The highest BCUT2D eigenvalue weighted by molar-refractivity contribution is 5.60. The molecule has 0 radical (unpaired) electrons. The molecule has 0 bridgehead atoms. The molecule has 2 heterocycles. The Morgan fingerprint density at radius 1 is 0.900 bits per heavy atom. The van der Waals surface area contributed by atoms with Crippen molar-refractivity contribution in [3.63, 3.8) is 0 Å². The molecule has 2 heteroatoms. The van der Waals surface area contributed by atoms with Crippen LogP contribution in [0.25, 0.3) is 11.3 Å². The minimum Gasteiger partial charge on any atom is -0.252 e. The van der Waals surface area contributed by atoms with E-state index < -0.39 is 0 Å². The van der Waals surface area contributed by atoms with Crippen LogP contribution in [0.15, 0.2) is 67.0 Å². The molecule has 1 aliphatic rings. The molecule has 96 valence electrons. The van der Waals surface area contributed by atoms with Crippen molar-refractivity contribution in [2.45, 2.75) is 13.0 Å². The van der Waals surface area contributed by atoms with Crippen LogP contribution < -0.4 is 4.57 Å². The first-order chi connectivity index (χ1) is 9.88. The van der Waals surface area contributed by atoms with E-state index in [-0.39, 0.29) is 0 Å². The molecular weight excluding hydrogens is 244 g/mol. The zero-order chi connectivity index (χ0) is 13.4. The molecular formula is C18H15N2+. The van der Waals surface area contributed by atoms with Crippen LogP contribution in [0, 0.1) is 0 Å². The van der Waals surface area contributed by atoms with Gasteiger partial charge in [0.1, 0.15) is 0 Å². The molecule has 0 spiro atoms. The van der Waals surface area contributed by atoms with Crippen LogP contribution in [-0.4, -0.2) is 4.98 Å². The van der Waals surface area contributed by atoms with Gasteiger partial charge in [0.05, 0.1) is 5.69 Å². The standard InChI is InChI=1S/C18H15N2/c1-2-4-14(5-3-1)13-20-10-8-15(9-11-20)17-7-6-16-12-18(16)19-17/h1-11H,12-13H2/q+1. The van der Waals surface area contributed by atoms with Crippen molar-refractivity contribution >= 4 is 0 Å². The van der Waals surface area contributed by atoms with E-state index in [9.17, 15) is 0 Å². The van der Waals surface area contributed by atoms with Crippen molar-refractivity contribution < 1.29 is 4.57 Å². The Hall–Kier alpha value is -2.48. The van der Waals surface area contributed by atoms with Crippen molar-refractivity contribution in [3.05, 3.63) is 83.8 Å². The summed E-state index contributed by atoms with van der Waals surface area (Å²) in [5.41, 5.74) is 6.22. The predicted octanol–water partition coefficient (Wildman–Crippen LogP) is 2.99. The summed E-state index contributed by atoms with van der Waals surface area (Å²) in [6.45, 7) is 0.902. The molecule has 0 amide bonds. The second-order valence-corrected chi connectivity index (χ2v) is 5.22. The average Bonchev–Trinajstić information content (AvgIpc) is 3.27. The summed E-state index contributed by atoms with van der Waals surface area (Å²) in [7, 11) is 0. The fourth-order valence-corrected chi connectivity index (χ4v) is 2.45. The number of aromatic nitrogens is 2. The minimum atomic E-state index is 0.902. The quantitative estimate of drug-likeness (QED) is 0.517. The van der Waals surface area contributed by atoms with Crippen LogP contribution in [0.2, 0.25) is 0 Å². The summed E-state index contributed by atoms with van der Waals surface area (Å²) in [4.78, 5) is 4.64. The summed E-state index contributed by atoms with van der Waals surface area (Å²) in [5, 5.41) is 0. The molecule has 0 N–H and O–H groups in total. The van der Waals surface area contributed by atoms with E-state index in [4.69, 9.17) is 0 Å². The van der Waals surface area contributed by atoms with Crippen LogP contribution in [0.4, 0.5) is 0 Å². The van der Waals surface area contributed by atoms with Crippen LogP contribution in [0.3, 0.4) is 0 Å². The van der Waals surface area contributed by atoms with E-state index in [1.807, 2.05) is 6.07 Å². The smallest absolute Gasteiger partial charge is 0.173 e. The molecule has 4 rings (SSSR count). The summed E-state index contributed by atoms with van der Waals surface area (Å²) in [5.74, 6) is 0. The third kappa shape index (κ3) is 2.21. The van der Waals surface area contributed by atoms with Gasteiger partial charge in [-0.3, -0.25) is 4.98 Å². The summed E-state index contributed by atoms with van der Waals surface area (Å²) in [6, 6.07) is 19.1. The lowest BCUT2D eigenvalue weighted by atomic mass is 10.2. The maximum atomic E-state index is 4.64. The SMILES string of the molecule is c1ccc(C[n+]2ccc(-c3ccc4c(n3)C4)cc2)cc1. The Balaban J connectivity index is 1.57. The number of hydrogen-bond acceptors (Lipinski definition) is 1. The van der Waals surface area contributed by atoms with Gasteiger partial charge in [-0.2, -0.15) is 0 Å². The summed E-state index contributed by atoms with van der Waals surface area (Å²) < 4.78 is 2.19. The third-order valence-electron chi connectivity index (χ3n) is 3.70.